The molecule has 0 saturated carbocycles. The van der Waals surface area contributed by atoms with Crippen LogP contribution in [-0.2, 0) is 10.1 Å². The Kier molecular flexibility index (Phi) is 17.8. The van der Waals surface area contributed by atoms with Gasteiger partial charge in [0.1, 0.15) is 0 Å². The van der Waals surface area contributed by atoms with Crippen LogP contribution in [0.2, 0.25) is 0 Å². The number of unbranched alkanes of at least 4 members (excludes halogenated alkanes) is 12. The fourth-order valence-corrected chi connectivity index (χ4v) is 4.54. The van der Waals surface area contributed by atoms with Crippen molar-refractivity contribution in [2.45, 2.75) is 141 Å². The summed E-state index contributed by atoms with van der Waals surface area (Å²) < 4.78 is 32.5. The largest absolute Gasteiger partial charge is 0.393 e. The van der Waals surface area contributed by atoms with Crippen molar-refractivity contribution in [1.82, 2.24) is 0 Å². The molecule has 0 fully saturated rings. The van der Waals surface area contributed by atoms with E-state index in [4.69, 9.17) is 0 Å². The summed E-state index contributed by atoms with van der Waals surface area (Å²) in [5.74, 6) is 0. The van der Waals surface area contributed by atoms with Gasteiger partial charge in [-0.05, 0) is 25.7 Å². The minimum absolute atomic E-state index is 0.287. The van der Waals surface area contributed by atoms with Crippen LogP contribution < -0.4 is 0 Å². The number of aliphatic hydroxyl groups is 1. The smallest absolute Gasteiger partial charge is 0.267 e. The molecule has 0 amide bonds. The Morgan fingerprint density at radius 2 is 1.00 bits per heavy atom. The van der Waals surface area contributed by atoms with E-state index in [9.17, 15) is 18.1 Å². The molecule has 164 valence electrons. The number of hydrogen-bond donors (Lipinski definition) is 2. The van der Waals surface area contributed by atoms with Gasteiger partial charge in [-0.15, -0.1) is 0 Å². The van der Waals surface area contributed by atoms with Crippen LogP contribution in [0.4, 0.5) is 0 Å². The Morgan fingerprint density at radius 1 is 0.630 bits per heavy atom. The Labute approximate surface area is 169 Å². The summed E-state index contributed by atoms with van der Waals surface area (Å²) >= 11 is 0. The third kappa shape index (κ3) is 17.7. The Morgan fingerprint density at radius 3 is 1.41 bits per heavy atom. The molecule has 0 saturated heterocycles. The van der Waals surface area contributed by atoms with Crippen LogP contribution in [0.5, 0.6) is 0 Å². The fourth-order valence-electron chi connectivity index (χ4n) is 3.61. The molecule has 0 aliphatic heterocycles. The number of rotatable bonds is 20. The number of aliphatic hydroxyl groups excluding tert-OH is 1. The molecule has 0 aromatic rings. The van der Waals surface area contributed by atoms with Crippen molar-refractivity contribution < 1.29 is 18.1 Å². The van der Waals surface area contributed by atoms with E-state index in [2.05, 4.69) is 6.92 Å². The van der Waals surface area contributed by atoms with Crippen LogP contribution in [0.3, 0.4) is 0 Å². The molecule has 0 spiro atoms. The third-order valence-electron chi connectivity index (χ3n) is 5.59. The molecule has 0 aromatic carbocycles. The van der Waals surface area contributed by atoms with Gasteiger partial charge in [-0.3, -0.25) is 4.55 Å². The molecule has 0 radical (unpaired) electrons. The van der Waals surface area contributed by atoms with Crippen LogP contribution >= 0.6 is 0 Å². The Bertz CT molecular complexity index is 409. The minimum atomic E-state index is -3.95. The molecule has 2 unspecified atom stereocenters. The van der Waals surface area contributed by atoms with E-state index >= 15 is 0 Å². The summed E-state index contributed by atoms with van der Waals surface area (Å²) in [5, 5.41) is 8.92. The summed E-state index contributed by atoms with van der Waals surface area (Å²) in [6.07, 6.45) is 18.9. The van der Waals surface area contributed by atoms with Gasteiger partial charge in [0.25, 0.3) is 10.1 Å². The average molecular weight is 407 g/mol. The molecule has 0 aliphatic rings. The third-order valence-corrected chi connectivity index (χ3v) is 6.90. The fraction of sp³-hybridized carbons (Fsp3) is 1.00. The molecular formula is C22H46O4S. The molecule has 0 aromatic heterocycles. The molecule has 27 heavy (non-hydrogen) atoms. The van der Waals surface area contributed by atoms with Gasteiger partial charge in [-0.25, -0.2) is 0 Å². The molecule has 4 nitrogen and oxygen atoms in total. The lowest BCUT2D eigenvalue weighted by Gasteiger charge is -2.14. The molecule has 5 heteroatoms. The van der Waals surface area contributed by atoms with Gasteiger partial charge in [0.15, 0.2) is 0 Å². The van der Waals surface area contributed by atoms with E-state index in [0.29, 0.717) is 19.3 Å². The quantitative estimate of drug-likeness (QED) is 0.175. The van der Waals surface area contributed by atoms with Crippen LogP contribution in [0, 0.1) is 0 Å². The van der Waals surface area contributed by atoms with Crippen molar-refractivity contribution in [2.75, 3.05) is 0 Å². The minimum Gasteiger partial charge on any atom is -0.393 e. The van der Waals surface area contributed by atoms with E-state index in [1.807, 2.05) is 6.92 Å². The monoisotopic (exact) mass is 406 g/mol. The molecule has 0 bridgehead atoms. The van der Waals surface area contributed by atoms with Crippen molar-refractivity contribution >= 4 is 10.1 Å². The SMILES string of the molecule is CCCCCCCCCCCCCCC(CCCCC(O)CC)S(=O)(=O)O. The topological polar surface area (TPSA) is 74.6 Å². The predicted octanol–water partition coefficient (Wildman–Crippen LogP) is 6.67. The predicted molar refractivity (Wildman–Crippen MR) is 116 cm³/mol. The Balaban J connectivity index is 3.65. The summed E-state index contributed by atoms with van der Waals surface area (Å²) in [7, 11) is -3.95. The molecule has 0 rings (SSSR count). The number of hydrogen-bond acceptors (Lipinski definition) is 3. The molecule has 2 atom stereocenters. The lowest BCUT2D eigenvalue weighted by molar-refractivity contribution is 0.156. The molecule has 0 aliphatic carbocycles. The van der Waals surface area contributed by atoms with Crippen molar-refractivity contribution in [1.29, 1.82) is 0 Å². The Hall–Kier alpha value is -0.130. The summed E-state index contributed by atoms with van der Waals surface area (Å²) in [4.78, 5) is 0. The first-order valence-corrected chi connectivity index (χ1v) is 13.1. The van der Waals surface area contributed by atoms with Gasteiger partial charge >= 0.3 is 0 Å². The molecule has 2 N–H and O–H groups in total. The maximum absolute atomic E-state index is 11.6. The highest BCUT2D eigenvalue weighted by Crippen LogP contribution is 2.19. The van der Waals surface area contributed by atoms with Gasteiger partial charge in [-0.2, -0.15) is 8.42 Å². The summed E-state index contributed by atoms with van der Waals surface area (Å²) in [6, 6.07) is 0. The molecule has 0 heterocycles. The van der Waals surface area contributed by atoms with Crippen LogP contribution in [0.25, 0.3) is 0 Å². The van der Waals surface area contributed by atoms with Crippen LogP contribution in [0.1, 0.15) is 129 Å². The van der Waals surface area contributed by atoms with E-state index in [1.165, 1.54) is 57.8 Å². The van der Waals surface area contributed by atoms with Crippen LogP contribution in [0.15, 0.2) is 0 Å². The summed E-state index contributed by atoms with van der Waals surface area (Å²) in [5.41, 5.74) is 0. The highest BCUT2D eigenvalue weighted by molar-refractivity contribution is 7.86. The van der Waals surface area contributed by atoms with Crippen molar-refractivity contribution in [2.24, 2.45) is 0 Å². The van der Waals surface area contributed by atoms with Gasteiger partial charge in [-0.1, -0.05) is 104 Å². The van der Waals surface area contributed by atoms with Gasteiger partial charge < -0.3 is 5.11 Å². The van der Waals surface area contributed by atoms with Crippen LogP contribution in [-0.4, -0.2) is 29.4 Å². The van der Waals surface area contributed by atoms with E-state index < -0.39 is 15.4 Å². The van der Waals surface area contributed by atoms with Crippen molar-refractivity contribution in [3.05, 3.63) is 0 Å². The van der Waals surface area contributed by atoms with E-state index in [0.717, 1.165) is 38.5 Å². The normalized spacial score (nSPS) is 14.4. The lowest BCUT2D eigenvalue weighted by Crippen LogP contribution is -2.20. The first-order valence-electron chi connectivity index (χ1n) is 11.6. The van der Waals surface area contributed by atoms with E-state index in [-0.39, 0.29) is 6.10 Å². The maximum Gasteiger partial charge on any atom is 0.267 e. The standard InChI is InChI=1S/C22H46O4S/c1-3-5-6-7-8-9-10-11-12-13-14-15-19-22(27(24,25)26)20-17-16-18-21(23)4-2/h21-23H,3-20H2,1-2H3,(H,24,25,26). The second kappa shape index (κ2) is 17.9. The highest BCUT2D eigenvalue weighted by Gasteiger charge is 2.21. The summed E-state index contributed by atoms with van der Waals surface area (Å²) in [6.45, 7) is 4.19. The first-order chi connectivity index (χ1) is 12.9. The lowest BCUT2D eigenvalue weighted by atomic mass is 10.0. The second-order valence-corrected chi connectivity index (χ2v) is 9.86. The average Bonchev–Trinajstić information content (AvgIpc) is 2.62. The molecular weight excluding hydrogens is 360 g/mol. The zero-order valence-electron chi connectivity index (χ0n) is 18.0. The van der Waals surface area contributed by atoms with Crippen molar-refractivity contribution in [3.63, 3.8) is 0 Å². The van der Waals surface area contributed by atoms with Gasteiger partial charge in [0.2, 0.25) is 0 Å². The van der Waals surface area contributed by atoms with E-state index in [1.54, 1.807) is 0 Å². The van der Waals surface area contributed by atoms with Gasteiger partial charge in [0.05, 0.1) is 11.4 Å². The zero-order chi connectivity index (χ0) is 20.4. The second-order valence-electron chi connectivity index (χ2n) is 8.16. The first kappa shape index (κ1) is 26.9. The van der Waals surface area contributed by atoms with Crippen molar-refractivity contribution in [3.8, 4) is 0 Å². The van der Waals surface area contributed by atoms with Gasteiger partial charge in [0, 0.05) is 0 Å². The zero-order valence-corrected chi connectivity index (χ0v) is 18.8. The highest BCUT2D eigenvalue weighted by atomic mass is 32.2. The maximum atomic E-state index is 11.6.